The van der Waals surface area contributed by atoms with Gasteiger partial charge in [0.05, 0.1) is 26.6 Å². The highest BCUT2D eigenvalue weighted by molar-refractivity contribution is 5.77. The third kappa shape index (κ3) is 5.73. The molecule has 0 aliphatic carbocycles. The first-order valence-corrected chi connectivity index (χ1v) is 6.53. The van der Waals surface area contributed by atoms with Gasteiger partial charge in [-0.05, 0) is 19.1 Å². The van der Waals surface area contributed by atoms with Gasteiger partial charge in [0.15, 0.2) is 0 Å². The summed E-state index contributed by atoms with van der Waals surface area (Å²) in [5.74, 6) is 0.377. The molecule has 1 aromatic carbocycles. The molecule has 1 aromatic rings. The number of hydrogen-bond donors (Lipinski definition) is 0. The largest absolute Gasteiger partial charge is 0.493 e. The molecular formula is C15H21NO4. The molecule has 0 fully saturated rings. The fraction of sp³-hybridized carbons (Fsp3) is 0.467. The van der Waals surface area contributed by atoms with Crippen molar-refractivity contribution in [3.05, 3.63) is 29.8 Å². The zero-order valence-electron chi connectivity index (χ0n) is 12.2. The summed E-state index contributed by atoms with van der Waals surface area (Å²) in [6.07, 6.45) is 0.489. The minimum atomic E-state index is -0.319. The van der Waals surface area contributed by atoms with Gasteiger partial charge in [0.1, 0.15) is 5.75 Å². The Morgan fingerprint density at radius 2 is 1.80 bits per heavy atom. The van der Waals surface area contributed by atoms with Gasteiger partial charge < -0.3 is 14.4 Å². The van der Waals surface area contributed by atoms with Crippen LogP contribution in [0.2, 0.25) is 0 Å². The summed E-state index contributed by atoms with van der Waals surface area (Å²) < 4.78 is 10.0. The standard InChI is InChI=1S/C15H21NO4/c1-12-4-6-13(7-5-12)20-11-9-14(17)16(2)10-8-15(18)19-3/h4-7H,8-11H2,1-3H3. The summed E-state index contributed by atoms with van der Waals surface area (Å²) in [4.78, 5) is 24.3. The lowest BCUT2D eigenvalue weighted by molar-refractivity contribution is -0.141. The molecule has 1 rings (SSSR count). The summed E-state index contributed by atoms with van der Waals surface area (Å²) in [7, 11) is 3.00. The van der Waals surface area contributed by atoms with Gasteiger partial charge in [0.25, 0.3) is 0 Å². The van der Waals surface area contributed by atoms with E-state index in [0.29, 0.717) is 13.2 Å². The van der Waals surface area contributed by atoms with Crippen LogP contribution in [0.1, 0.15) is 18.4 Å². The molecule has 0 saturated carbocycles. The summed E-state index contributed by atoms with van der Waals surface area (Å²) in [6, 6.07) is 7.67. The molecule has 5 nitrogen and oxygen atoms in total. The zero-order valence-corrected chi connectivity index (χ0v) is 12.2. The smallest absolute Gasteiger partial charge is 0.307 e. The van der Waals surface area contributed by atoms with Crippen molar-refractivity contribution >= 4 is 11.9 Å². The summed E-state index contributed by atoms with van der Waals surface area (Å²) in [5, 5.41) is 0. The zero-order chi connectivity index (χ0) is 15.0. The Balaban J connectivity index is 2.25. The lowest BCUT2D eigenvalue weighted by atomic mass is 10.2. The van der Waals surface area contributed by atoms with Gasteiger partial charge in [-0.3, -0.25) is 9.59 Å². The number of carbonyl (C=O) groups excluding carboxylic acids is 2. The lowest BCUT2D eigenvalue weighted by Crippen LogP contribution is -2.30. The molecule has 0 heterocycles. The maximum Gasteiger partial charge on any atom is 0.307 e. The van der Waals surface area contributed by atoms with Crippen molar-refractivity contribution in [3.8, 4) is 5.75 Å². The molecule has 20 heavy (non-hydrogen) atoms. The number of ether oxygens (including phenoxy) is 2. The highest BCUT2D eigenvalue weighted by Crippen LogP contribution is 2.11. The van der Waals surface area contributed by atoms with Crippen molar-refractivity contribution < 1.29 is 19.1 Å². The van der Waals surface area contributed by atoms with Crippen molar-refractivity contribution in [2.45, 2.75) is 19.8 Å². The van der Waals surface area contributed by atoms with Crippen LogP contribution in [-0.2, 0) is 14.3 Å². The summed E-state index contributed by atoms with van der Waals surface area (Å²) in [5.41, 5.74) is 1.16. The van der Waals surface area contributed by atoms with Crippen LogP contribution >= 0.6 is 0 Å². The van der Waals surface area contributed by atoms with E-state index in [1.165, 1.54) is 12.0 Å². The summed E-state index contributed by atoms with van der Waals surface area (Å²) in [6.45, 7) is 2.68. The van der Waals surface area contributed by atoms with Crippen LogP contribution in [0, 0.1) is 6.92 Å². The molecular weight excluding hydrogens is 258 g/mol. The number of esters is 1. The van der Waals surface area contributed by atoms with Crippen LogP contribution in [0.4, 0.5) is 0 Å². The molecule has 0 aromatic heterocycles. The van der Waals surface area contributed by atoms with Crippen LogP contribution in [0.5, 0.6) is 5.75 Å². The molecule has 0 spiro atoms. The predicted octanol–water partition coefficient (Wildman–Crippen LogP) is 1.79. The molecule has 5 heteroatoms. The van der Waals surface area contributed by atoms with E-state index in [9.17, 15) is 9.59 Å². The van der Waals surface area contributed by atoms with Crippen molar-refractivity contribution in [2.24, 2.45) is 0 Å². The monoisotopic (exact) mass is 279 g/mol. The highest BCUT2D eigenvalue weighted by Gasteiger charge is 2.10. The number of aryl methyl sites for hydroxylation is 1. The first-order chi connectivity index (χ1) is 9.52. The fourth-order valence-corrected chi connectivity index (χ4v) is 1.57. The second kappa shape index (κ2) is 8.19. The molecule has 0 aliphatic heterocycles. The average Bonchev–Trinajstić information content (AvgIpc) is 2.46. The second-order valence-electron chi connectivity index (χ2n) is 4.55. The minimum Gasteiger partial charge on any atom is -0.493 e. The van der Waals surface area contributed by atoms with E-state index in [2.05, 4.69) is 4.74 Å². The van der Waals surface area contributed by atoms with Crippen LogP contribution in [-0.4, -0.2) is 44.1 Å². The Labute approximate surface area is 119 Å². The molecule has 0 aliphatic rings. The lowest BCUT2D eigenvalue weighted by Gasteiger charge is -2.16. The fourth-order valence-electron chi connectivity index (χ4n) is 1.57. The predicted molar refractivity (Wildman–Crippen MR) is 75.6 cm³/mol. The normalized spacial score (nSPS) is 9.95. The number of amides is 1. The molecule has 0 bridgehead atoms. The quantitative estimate of drug-likeness (QED) is 0.714. The van der Waals surface area contributed by atoms with Gasteiger partial charge in [-0.1, -0.05) is 17.7 Å². The molecule has 0 unspecified atom stereocenters. The SMILES string of the molecule is COC(=O)CCN(C)C(=O)CCOc1ccc(C)cc1. The van der Waals surface area contributed by atoms with Crippen LogP contribution < -0.4 is 4.74 Å². The maximum atomic E-state index is 11.8. The number of benzene rings is 1. The van der Waals surface area contributed by atoms with Crippen LogP contribution in [0.15, 0.2) is 24.3 Å². The van der Waals surface area contributed by atoms with E-state index in [1.54, 1.807) is 7.05 Å². The minimum absolute atomic E-state index is 0.0546. The molecule has 110 valence electrons. The highest BCUT2D eigenvalue weighted by atomic mass is 16.5. The molecule has 0 saturated heterocycles. The van der Waals surface area contributed by atoms with Gasteiger partial charge in [-0.25, -0.2) is 0 Å². The van der Waals surface area contributed by atoms with E-state index in [1.807, 2.05) is 31.2 Å². The Morgan fingerprint density at radius 3 is 2.40 bits per heavy atom. The van der Waals surface area contributed by atoms with Crippen molar-refractivity contribution in [1.82, 2.24) is 4.90 Å². The average molecular weight is 279 g/mol. The number of hydrogen-bond acceptors (Lipinski definition) is 4. The maximum absolute atomic E-state index is 11.8. The Hall–Kier alpha value is -2.04. The number of nitrogens with zero attached hydrogens (tertiary/aromatic N) is 1. The van der Waals surface area contributed by atoms with Crippen molar-refractivity contribution in [2.75, 3.05) is 27.3 Å². The third-order valence-electron chi connectivity index (χ3n) is 2.91. The Morgan fingerprint density at radius 1 is 1.15 bits per heavy atom. The molecule has 1 amide bonds. The number of rotatable bonds is 7. The topological polar surface area (TPSA) is 55.8 Å². The van der Waals surface area contributed by atoms with E-state index in [-0.39, 0.29) is 24.7 Å². The van der Waals surface area contributed by atoms with Gasteiger partial charge >= 0.3 is 5.97 Å². The van der Waals surface area contributed by atoms with Crippen LogP contribution in [0.25, 0.3) is 0 Å². The Bertz CT molecular complexity index is 442. The summed E-state index contributed by atoms with van der Waals surface area (Å²) >= 11 is 0. The molecule has 0 N–H and O–H groups in total. The van der Waals surface area contributed by atoms with Gasteiger partial charge in [-0.2, -0.15) is 0 Å². The number of methoxy groups -OCH3 is 1. The van der Waals surface area contributed by atoms with Crippen molar-refractivity contribution in [3.63, 3.8) is 0 Å². The third-order valence-corrected chi connectivity index (χ3v) is 2.91. The van der Waals surface area contributed by atoms with E-state index in [4.69, 9.17) is 4.74 Å². The first-order valence-electron chi connectivity index (χ1n) is 6.53. The van der Waals surface area contributed by atoms with E-state index >= 15 is 0 Å². The Kier molecular flexibility index (Phi) is 6.56. The molecule has 0 atom stereocenters. The van der Waals surface area contributed by atoms with Crippen LogP contribution in [0.3, 0.4) is 0 Å². The number of carbonyl (C=O) groups is 2. The van der Waals surface area contributed by atoms with Crippen molar-refractivity contribution in [1.29, 1.82) is 0 Å². The van der Waals surface area contributed by atoms with E-state index < -0.39 is 0 Å². The van der Waals surface area contributed by atoms with Gasteiger partial charge in [-0.15, -0.1) is 0 Å². The molecule has 0 radical (unpaired) electrons. The van der Waals surface area contributed by atoms with Gasteiger partial charge in [0.2, 0.25) is 5.91 Å². The van der Waals surface area contributed by atoms with E-state index in [0.717, 1.165) is 11.3 Å². The van der Waals surface area contributed by atoms with Gasteiger partial charge in [0, 0.05) is 13.6 Å². The first kappa shape index (κ1) is 16.0. The second-order valence-corrected chi connectivity index (χ2v) is 4.55.